The van der Waals surface area contributed by atoms with Gasteiger partial charge in [-0.2, -0.15) is 0 Å². The lowest BCUT2D eigenvalue weighted by Crippen LogP contribution is -2.33. The van der Waals surface area contributed by atoms with Crippen molar-refractivity contribution in [2.75, 3.05) is 13.2 Å². The fraction of sp³-hybridized carbons (Fsp3) is 0.533. The average Bonchev–Trinajstić information content (AvgIpc) is 2.84. The zero-order valence-electron chi connectivity index (χ0n) is 11.4. The maximum Gasteiger partial charge on any atom is 0.226 e. The Kier molecular flexibility index (Phi) is 4.93. The van der Waals surface area contributed by atoms with Gasteiger partial charge in [0.1, 0.15) is 0 Å². The standard InChI is InChI=1S/C15H22N2O2/c1-11-14(7-9-19-11)15(18)17-10-13-4-2-12(3-5-13)6-8-16/h2-5,11,14H,6-10,16H2,1H3,(H,17,18). The van der Waals surface area contributed by atoms with Crippen LogP contribution in [0.2, 0.25) is 0 Å². The van der Waals surface area contributed by atoms with Crippen LogP contribution in [0.25, 0.3) is 0 Å². The molecule has 1 aromatic rings. The normalized spacial score (nSPS) is 22.4. The summed E-state index contributed by atoms with van der Waals surface area (Å²) < 4.78 is 5.41. The third kappa shape index (κ3) is 3.78. The monoisotopic (exact) mass is 262 g/mol. The summed E-state index contributed by atoms with van der Waals surface area (Å²) in [7, 11) is 0. The van der Waals surface area contributed by atoms with Gasteiger partial charge in [-0.05, 0) is 37.4 Å². The van der Waals surface area contributed by atoms with Gasteiger partial charge in [-0.3, -0.25) is 4.79 Å². The second kappa shape index (κ2) is 6.68. The third-order valence-corrected chi connectivity index (χ3v) is 3.64. The Morgan fingerprint density at radius 2 is 2.05 bits per heavy atom. The van der Waals surface area contributed by atoms with Crippen LogP contribution < -0.4 is 11.1 Å². The fourth-order valence-electron chi connectivity index (χ4n) is 2.39. The number of benzene rings is 1. The predicted octanol–water partition coefficient (Wildman–Crippen LogP) is 1.23. The third-order valence-electron chi connectivity index (χ3n) is 3.64. The highest BCUT2D eigenvalue weighted by Gasteiger charge is 2.30. The second-order valence-corrected chi connectivity index (χ2v) is 5.04. The Balaban J connectivity index is 1.83. The Bertz CT molecular complexity index is 417. The number of carbonyl (C=O) groups is 1. The molecule has 2 rings (SSSR count). The maximum absolute atomic E-state index is 12.0. The van der Waals surface area contributed by atoms with Crippen molar-refractivity contribution in [3.8, 4) is 0 Å². The number of nitrogens with one attached hydrogen (secondary N) is 1. The van der Waals surface area contributed by atoms with Crippen molar-refractivity contribution in [3.05, 3.63) is 35.4 Å². The number of ether oxygens (including phenoxy) is 1. The summed E-state index contributed by atoms with van der Waals surface area (Å²) in [6.45, 7) is 3.88. The molecule has 2 unspecified atom stereocenters. The van der Waals surface area contributed by atoms with Gasteiger partial charge in [0.2, 0.25) is 5.91 Å². The molecule has 1 aromatic carbocycles. The zero-order valence-corrected chi connectivity index (χ0v) is 11.4. The van der Waals surface area contributed by atoms with Crippen molar-refractivity contribution in [2.24, 2.45) is 11.7 Å². The number of carbonyl (C=O) groups excluding carboxylic acids is 1. The summed E-state index contributed by atoms with van der Waals surface area (Å²) in [4.78, 5) is 12.0. The zero-order chi connectivity index (χ0) is 13.7. The Labute approximate surface area is 114 Å². The summed E-state index contributed by atoms with van der Waals surface area (Å²) in [6, 6.07) is 8.21. The van der Waals surface area contributed by atoms with Crippen molar-refractivity contribution in [3.63, 3.8) is 0 Å². The molecule has 1 heterocycles. The topological polar surface area (TPSA) is 64.3 Å². The largest absolute Gasteiger partial charge is 0.378 e. The molecule has 1 saturated heterocycles. The molecular weight excluding hydrogens is 240 g/mol. The molecule has 1 amide bonds. The quantitative estimate of drug-likeness (QED) is 0.839. The molecule has 0 aromatic heterocycles. The molecule has 1 aliphatic rings. The van der Waals surface area contributed by atoms with E-state index in [9.17, 15) is 4.79 Å². The van der Waals surface area contributed by atoms with E-state index in [0.717, 1.165) is 18.4 Å². The first kappa shape index (κ1) is 14.0. The highest BCUT2D eigenvalue weighted by Crippen LogP contribution is 2.20. The molecule has 104 valence electrons. The van der Waals surface area contributed by atoms with Crippen molar-refractivity contribution in [1.29, 1.82) is 0 Å². The van der Waals surface area contributed by atoms with E-state index >= 15 is 0 Å². The van der Waals surface area contributed by atoms with Crippen LogP contribution in [0.5, 0.6) is 0 Å². The molecule has 0 radical (unpaired) electrons. The SMILES string of the molecule is CC1OCCC1C(=O)NCc1ccc(CCN)cc1. The highest BCUT2D eigenvalue weighted by molar-refractivity contribution is 5.79. The van der Waals surface area contributed by atoms with E-state index in [0.29, 0.717) is 19.7 Å². The number of rotatable bonds is 5. The van der Waals surface area contributed by atoms with Crippen LogP contribution in [0.1, 0.15) is 24.5 Å². The van der Waals surface area contributed by atoms with Gasteiger partial charge in [0.15, 0.2) is 0 Å². The predicted molar refractivity (Wildman–Crippen MR) is 74.6 cm³/mol. The van der Waals surface area contributed by atoms with Gasteiger partial charge in [-0.25, -0.2) is 0 Å². The minimum absolute atomic E-state index is 0.00323. The van der Waals surface area contributed by atoms with Crippen LogP contribution in [0.3, 0.4) is 0 Å². The first-order valence-electron chi connectivity index (χ1n) is 6.88. The molecule has 19 heavy (non-hydrogen) atoms. The van der Waals surface area contributed by atoms with E-state index in [2.05, 4.69) is 17.4 Å². The molecule has 0 bridgehead atoms. The van der Waals surface area contributed by atoms with Crippen LogP contribution in [-0.2, 0) is 22.5 Å². The molecule has 0 saturated carbocycles. The Morgan fingerprint density at radius 3 is 2.63 bits per heavy atom. The molecule has 0 aliphatic carbocycles. The maximum atomic E-state index is 12.0. The summed E-state index contributed by atoms with van der Waals surface area (Å²) in [6.07, 6.45) is 1.75. The van der Waals surface area contributed by atoms with Gasteiger partial charge in [0.05, 0.1) is 12.0 Å². The van der Waals surface area contributed by atoms with Gasteiger partial charge >= 0.3 is 0 Å². The molecule has 4 heteroatoms. The molecule has 3 N–H and O–H groups in total. The van der Waals surface area contributed by atoms with Crippen molar-refractivity contribution in [2.45, 2.75) is 32.4 Å². The van der Waals surface area contributed by atoms with E-state index in [4.69, 9.17) is 10.5 Å². The fourth-order valence-corrected chi connectivity index (χ4v) is 2.39. The lowest BCUT2D eigenvalue weighted by atomic mass is 10.0. The summed E-state index contributed by atoms with van der Waals surface area (Å²) >= 11 is 0. The molecule has 1 aliphatic heterocycles. The van der Waals surface area contributed by atoms with Crippen LogP contribution in [0.4, 0.5) is 0 Å². The number of hydrogen-bond donors (Lipinski definition) is 2. The number of nitrogens with two attached hydrogens (primary N) is 1. The molecular formula is C15H22N2O2. The van der Waals surface area contributed by atoms with Crippen molar-refractivity contribution in [1.82, 2.24) is 5.32 Å². The van der Waals surface area contributed by atoms with Crippen LogP contribution in [-0.4, -0.2) is 25.2 Å². The average molecular weight is 262 g/mol. The summed E-state index contributed by atoms with van der Waals surface area (Å²) in [5.41, 5.74) is 7.85. The Morgan fingerprint density at radius 1 is 1.37 bits per heavy atom. The van der Waals surface area contributed by atoms with E-state index in [1.54, 1.807) is 0 Å². The number of amides is 1. The van der Waals surface area contributed by atoms with Gasteiger partial charge < -0.3 is 15.8 Å². The Hall–Kier alpha value is -1.39. The van der Waals surface area contributed by atoms with Crippen LogP contribution >= 0.6 is 0 Å². The van der Waals surface area contributed by atoms with Crippen LogP contribution in [0, 0.1) is 5.92 Å². The first-order chi connectivity index (χ1) is 9.20. The van der Waals surface area contributed by atoms with E-state index in [-0.39, 0.29) is 17.9 Å². The van der Waals surface area contributed by atoms with Crippen molar-refractivity contribution < 1.29 is 9.53 Å². The summed E-state index contributed by atoms with van der Waals surface area (Å²) in [5.74, 6) is 0.0903. The number of hydrogen-bond acceptors (Lipinski definition) is 3. The van der Waals surface area contributed by atoms with Crippen molar-refractivity contribution >= 4 is 5.91 Å². The minimum Gasteiger partial charge on any atom is -0.378 e. The molecule has 1 fully saturated rings. The van der Waals surface area contributed by atoms with Crippen LogP contribution in [0.15, 0.2) is 24.3 Å². The van der Waals surface area contributed by atoms with Gasteiger partial charge in [0, 0.05) is 13.2 Å². The lowest BCUT2D eigenvalue weighted by Gasteiger charge is -2.14. The molecule has 2 atom stereocenters. The first-order valence-corrected chi connectivity index (χ1v) is 6.88. The molecule has 4 nitrogen and oxygen atoms in total. The molecule has 0 spiro atoms. The smallest absolute Gasteiger partial charge is 0.226 e. The van der Waals surface area contributed by atoms with E-state index < -0.39 is 0 Å². The van der Waals surface area contributed by atoms with Gasteiger partial charge in [0.25, 0.3) is 0 Å². The lowest BCUT2D eigenvalue weighted by molar-refractivity contribution is -0.126. The minimum atomic E-state index is -0.00323. The van der Waals surface area contributed by atoms with E-state index in [1.165, 1.54) is 5.56 Å². The van der Waals surface area contributed by atoms with E-state index in [1.807, 2.05) is 19.1 Å². The van der Waals surface area contributed by atoms with Gasteiger partial charge in [-0.1, -0.05) is 24.3 Å². The summed E-state index contributed by atoms with van der Waals surface area (Å²) in [5, 5.41) is 2.98. The second-order valence-electron chi connectivity index (χ2n) is 5.04. The highest BCUT2D eigenvalue weighted by atomic mass is 16.5. The van der Waals surface area contributed by atoms with Gasteiger partial charge in [-0.15, -0.1) is 0 Å².